The second-order valence-electron chi connectivity index (χ2n) is 4.65. The zero-order valence-corrected chi connectivity index (χ0v) is 12.1. The van der Waals surface area contributed by atoms with Crippen molar-refractivity contribution in [3.05, 3.63) is 22.2 Å². The fraction of sp³-hybridized carbons (Fsp3) is 0.538. The molecule has 1 fully saturated rings. The number of hydrogen-bond acceptors (Lipinski definition) is 3. The van der Waals surface area contributed by atoms with Crippen LogP contribution in [-0.2, 0) is 0 Å². The molecule has 2 N–H and O–H groups in total. The Kier molecular flexibility index (Phi) is 4.60. The van der Waals surface area contributed by atoms with Crippen molar-refractivity contribution in [1.82, 2.24) is 4.90 Å². The molecular formula is C13H19Cl2N3. The Morgan fingerprint density at radius 1 is 1.11 bits per heavy atom. The van der Waals surface area contributed by atoms with Crippen LogP contribution in [0, 0.1) is 0 Å². The van der Waals surface area contributed by atoms with Gasteiger partial charge in [-0.15, -0.1) is 0 Å². The van der Waals surface area contributed by atoms with E-state index in [1.54, 1.807) is 6.07 Å². The van der Waals surface area contributed by atoms with Crippen LogP contribution in [-0.4, -0.2) is 37.6 Å². The molecule has 0 aromatic heterocycles. The van der Waals surface area contributed by atoms with Crippen molar-refractivity contribution in [3.8, 4) is 0 Å². The monoisotopic (exact) mass is 287 g/mol. The van der Waals surface area contributed by atoms with Crippen LogP contribution < -0.4 is 10.6 Å². The molecule has 1 heterocycles. The number of piperazine rings is 1. The highest BCUT2D eigenvalue weighted by molar-refractivity contribution is 6.42. The third kappa shape index (κ3) is 3.02. The fourth-order valence-corrected chi connectivity index (χ4v) is 2.68. The van der Waals surface area contributed by atoms with E-state index in [1.165, 1.54) is 13.0 Å². The summed E-state index contributed by atoms with van der Waals surface area (Å²) in [7, 11) is 0. The number of nitrogens with zero attached hydrogens (tertiary/aromatic N) is 2. The van der Waals surface area contributed by atoms with E-state index in [0.717, 1.165) is 31.9 Å². The van der Waals surface area contributed by atoms with Crippen LogP contribution in [0.1, 0.15) is 13.3 Å². The smallest absolute Gasteiger partial charge is 0.0616 e. The summed E-state index contributed by atoms with van der Waals surface area (Å²) in [5.41, 5.74) is 7.72. The Hall–Kier alpha value is -0.640. The summed E-state index contributed by atoms with van der Waals surface area (Å²) in [5.74, 6) is 0. The summed E-state index contributed by atoms with van der Waals surface area (Å²) in [5, 5.41) is 1.08. The summed E-state index contributed by atoms with van der Waals surface area (Å²) < 4.78 is 0. The van der Waals surface area contributed by atoms with E-state index in [4.69, 9.17) is 28.9 Å². The van der Waals surface area contributed by atoms with E-state index >= 15 is 0 Å². The van der Waals surface area contributed by atoms with Gasteiger partial charge in [-0.2, -0.15) is 0 Å². The van der Waals surface area contributed by atoms with Crippen molar-refractivity contribution in [2.75, 3.05) is 43.4 Å². The highest BCUT2D eigenvalue weighted by Gasteiger charge is 2.19. The highest BCUT2D eigenvalue weighted by Crippen LogP contribution is 2.33. The van der Waals surface area contributed by atoms with Gasteiger partial charge < -0.3 is 10.6 Å². The predicted octanol–water partition coefficient (Wildman–Crippen LogP) is 3.11. The molecule has 0 bridgehead atoms. The standard InChI is InChI=1S/C13H19Cl2N3/c1-2-3-17-4-6-18(7-5-17)13-9-11(15)10(14)8-12(13)16/h8-9H,2-7,16H2,1H3. The van der Waals surface area contributed by atoms with E-state index in [0.29, 0.717) is 15.7 Å². The van der Waals surface area contributed by atoms with Crippen molar-refractivity contribution in [1.29, 1.82) is 0 Å². The Morgan fingerprint density at radius 2 is 1.72 bits per heavy atom. The minimum Gasteiger partial charge on any atom is -0.397 e. The molecule has 100 valence electrons. The van der Waals surface area contributed by atoms with Gasteiger partial charge in [0.2, 0.25) is 0 Å². The van der Waals surface area contributed by atoms with Gasteiger partial charge in [0.15, 0.2) is 0 Å². The number of nitrogen functional groups attached to an aromatic ring is 1. The molecule has 0 radical (unpaired) electrons. The van der Waals surface area contributed by atoms with Crippen LogP contribution in [0.15, 0.2) is 12.1 Å². The van der Waals surface area contributed by atoms with E-state index in [9.17, 15) is 0 Å². The maximum atomic E-state index is 6.06. The van der Waals surface area contributed by atoms with Gasteiger partial charge in [-0.25, -0.2) is 0 Å². The van der Waals surface area contributed by atoms with Crippen molar-refractivity contribution in [3.63, 3.8) is 0 Å². The zero-order chi connectivity index (χ0) is 13.1. The molecule has 0 atom stereocenters. The van der Waals surface area contributed by atoms with Gasteiger partial charge in [-0.05, 0) is 25.1 Å². The molecule has 0 saturated carbocycles. The van der Waals surface area contributed by atoms with Gasteiger partial charge in [0.05, 0.1) is 21.4 Å². The Labute approximate surface area is 118 Å². The van der Waals surface area contributed by atoms with Gasteiger partial charge >= 0.3 is 0 Å². The summed E-state index contributed by atoms with van der Waals surface area (Å²) in [6.07, 6.45) is 1.20. The van der Waals surface area contributed by atoms with Crippen molar-refractivity contribution in [2.45, 2.75) is 13.3 Å². The summed E-state index contributed by atoms with van der Waals surface area (Å²) >= 11 is 12.0. The van der Waals surface area contributed by atoms with Crippen LogP contribution in [0.2, 0.25) is 10.0 Å². The normalized spacial score (nSPS) is 17.2. The Morgan fingerprint density at radius 3 is 2.33 bits per heavy atom. The summed E-state index contributed by atoms with van der Waals surface area (Å²) in [4.78, 5) is 4.76. The molecule has 1 aliphatic heterocycles. The highest BCUT2D eigenvalue weighted by atomic mass is 35.5. The number of benzene rings is 1. The Balaban J connectivity index is 2.07. The largest absolute Gasteiger partial charge is 0.397 e. The number of rotatable bonds is 3. The maximum absolute atomic E-state index is 6.06. The van der Waals surface area contributed by atoms with Crippen LogP contribution in [0.3, 0.4) is 0 Å². The lowest BCUT2D eigenvalue weighted by Gasteiger charge is -2.36. The van der Waals surface area contributed by atoms with Gasteiger partial charge in [0, 0.05) is 26.2 Å². The fourth-order valence-electron chi connectivity index (χ4n) is 2.35. The number of nitrogens with two attached hydrogens (primary N) is 1. The second-order valence-corrected chi connectivity index (χ2v) is 5.47. The van der Waals surface area contributed by atoms with Crippen molar-refractivity contribution in [2.24, 2.45) is 0 Å². The van der Waals surface area contributed by atoms with Gasteiger partial charge in [0.25, 0.3) is 0 Å². The predicted molar refractivity (Wildman–Crippen MR) is 79.8 cm³/mol. The molecule has 3 nitrogen and oxygen atoms in total. The first kappa shape index (κ1) is 13.8. The first-order valence-electron chi connectivity index (χ1n) is 6.33. The lowest BCUT2D eigenvalue weighted by molar-refractivity contribution is 0.258. The number of hydrogen-bond donors (Lipinski definition) is 1. The molecule has 18 heavy (non-hydrogen) atoms. The molecule has 1 aromatic rings. The van der Waals surface area contributed by atoms with E-state index in [1.807, 2.05) is 6.07 Å². The molecule has 0 spiro atoms. The van der Waals surface area contributed by atoms with Crippen LogP contribution >= 0.6 is 23.2 Å². The van der Waals surface area contributed by atoms with Crippen molar-refractivity contribution >= 4 is 34.6 Å². The molecule has 5 heteroatoms. The molecule has 1 aromatic carbocycles. The van der Waals surface area contributed by atoms with Gasteiger partial charge in [0.1, 0.15) is 0 Å². The molecular weight excluding hydrogens is 269 g/mol. The average molecular weight is 288 g/mol. The van der Waals surface area contributed by atoms with Crippen LogP contribution in [0.4, 0.5) is 11.4 Å². The molecule has 0 aliphatic carbocycles. The van der Waals surface area contributed by atoms with E-state index in [-0.39, 0.29) is 0 Å². The lowest BCUT2D eigenvalue weighted by atomic mass is 10.2. The SMILES string of the molecule is CCCN1CCN(c2cc(Cl)c(Cl)cc2N)CC1. The maximum Gasteiger partial charge on any atom is 0.0616 e. The minimum atomic E-state index is 0.516. The first-order chi connectivity index (χ1) is 8.61. The third-order valence-electron chi connectivity index (χ3n) is 3.32. The average Bonchev–Trinajstić information content (AvgIpc) is 2.35. The number of halogens is 2. The molecule has 2 rings (SSSR count). The zero-order valence-electron chi connectivity index (χ0n) is 10.6. The van der Waals surface area contributed by atoms with Crippen LogP contribution in [0.25, 0.3) is 0 Å². The van der Waals surface area contributed by atoms with E-state index in [2.05, 4.69) is 16.7 Å². The molecule has 0 amide bonds. The number of anilines is 2. The third-order valence-corrected chi connectivity index (χ3v) is 4.04. The first-order valence-corrected chi connectivity index (χ1v) is 7.09. The topological polar surface area (TPSA) is 32.5 Å². The molecule has 1 aliphatic rings. The minimum absolute atomic E-state index is 0.516. The Bertz CT molecular complexity index is 415. The molecule has 1 saturated heterocycles. The summed E-state index contributed by atoms with van der Waals surface area (Å²) in [6, 6.07) is 3.60. The van der Waals surface area contributed by atoms with Gasteiger partial charge in [-0.3, -0.25) is 4.90 Å². The van der Waals surface area contributed by atoms with Crippen LogP contribution in [0.5, 0.6) is 0 Å². The molecule has 0 unspecified atom stereocenters. The van der Waals surface area contributed by atoms with Gasteiger partial charge in [-0.1, -0.05) is 30.1 Å². The van der Waals surface area contributed by atoms with Crippen molar-refractivity contribution < 1.29 is 0 Å². The second kappa shape index (κ2) is 6.00. The van der Waals surface area contributed by atoms with E-state index < -0.39 is 0 Å². The summed E-state index contributed by atoms with van der Waals surface area (Å²) in [6.45, 7) is 7.51. The quantitative estimate of drug-likeness (QED) is 0.867. The lowest BCUT2D eigenvalue weighted by Crippen LogP contribution is -2.46.